The Morgan fingerprint density at radius 2 is 2.00 bits per heavy atom. The van der Waals surface area contributed by atoms with Crippen molar-refractivity contribution in [3.8, 4) is 0 Å². The van der Waals surface area contributed by atoms with Crippen molar-refractivity contribution in [3.05, 3.63) is 0 Å². The van der Waals surface area contributed by atoms with Gasteiger partial charge in [0.25, 0.3) is 0 Å². The number of rotatable bonds is 6. The number of likely N-dealkylation sites (N-methyl/N-ethyl adjacent to an activating group) is 3. The standard InChI is InChI=1S/C12H27N3O2S/c1-5-13-11(6-9-18(4,16)17)12-10-14(2)7-8-15(12)3/h11-13H,5-10H2,1-4H3. The summed E-state index contributed by atoms with van der Waals surface area (Å²) in [6.07, 6.45) is 2.00. The predicted molar refractivity (Wildman–Crippen MR) is 75.7 cm³/mol. The van der Waals surface area contributed by atoms with Gasteiger partial charge in [-0.3, -0.25) is 4.90 Å². The second-order valence-electron chi connectivity index (χ2n) is 5.39. The molecule has 1 rings (SSSR count). The van der Waals surface area contributed by atoms with Crippen molar-refractivity contribution in [2.45, 2.75) is 25.4 Å². The second kappa shape index (κ2) is 6.84. The second-order valence-corrected chi connectivity index (χ2v) is 7.65. The molecule has 0 bridgehead atoms. The molecular formula is C12H27N3O2S. The van der Waals surface area contributed by atoms with Crippen molar-refractivity contribution >= 4 is 9.84 Å². The van der Waals surface area contributed by atoms with Crippen LogP contribution in [0.25, 0.3) is 0 Å². The highest BCUT2D eigenvalue weighted by Gasteiger charge is 2.29. The molecule has 2 atom stereocenters. The lowest BCUT2D eigenvalue weighted by Crippen LogP contribution is -2.59. The Balaban J connectivity index is 2.64. The highest BCUT2D eigenvalue weighted by Crippen LogP contribution is 2.13. The summed E-state index contributed by atoms with van der Waals surface area (Å²) in [7, 11) is 1.37. The van der Waals surface area contributed by atoms with Crippen molar-refractivity contribution in [2.75, 3.05) is 52.3 Å². The largest absolute Gasteiger partial charge is 0.313 e. The Labute approximate surface area is 111 Å². The summed E-state index contributed by atoms with van der Waals surface area (Å²) in [4.78, 5) is 4.66. The quantitative estimate of drug-likeness (QED) is 0.719. The number of hydrogen-bond acceptors (Lipinski definition) is 5. The van der Waals surface area contributed by atoms with E-state index in [0.717, 1.165) is 26.2 Å². The molecule has 0 aromatic carbocycles. The van der Waals surface area contributed by atoms with Crippen molar-refractivity contribution in [3.63, 3.8) is 0 Å². The maximum Gasteiger partial charge on any atom is 0.147 e. The molecule has 1 aliphatic rings. The maximum atomic E-state index is 11.3. The molecule has 1 heterocycles. The van der Waals surface area contributed by atoms with Gasteiger partial charge in [-0.05, 0) is 27.1 Å². The number of hydrogen-bond donors (Lipinski definition) is 1. The van der Waals surface area contributed by atoms with Crippen LogP contribution in [-0.4, -0.2) is 82.6 Å². The summed E-state index contributed by atoms with van der Waals surface area (Å²) in [5.74, 6) is 0.263. The Kier molecular flexibility index (Phi) is 6.04. The van der Waals surface area contributed by atoms with Gasteiger partial charge < -0.3 is 10.2 Å². The first-order valence-electron chi connectivity index (χ1n) is 6.63. The van der Waals surface area contributed by atoms with Gasteiger partial charge in [-0.2, -0.15) is 0 Å². The molecule has 1 fully saturated rings. The molecule has 0 aliphatic carbocycles. The predicted octanol–water partition coefficient (Wildman–Crippen LogP) is -0.355. The third kappa shape index (κ3) is 5.22. The van der Waals surface area contributed by atoms with E-state index in [2.05, 4.69) is 36.1 Å². The first-order chi connectivity index (χ1) is 8.33. The van der Waals surface area contributed by atoms with Crippen LogP contribution >= 0.6 is 0 Å². The molecule has 1 saturated heterocycles. The van der Waals surface area contributed by atoms with E-state index in [0.29, 0.717) is 12.5 Å². The summed E-state index contributed by atoms with van der Waals surface area (Å²) in [6.45, 7) is 6.07. The van der Waals surface area contributed by atoms with E-state index in [9.17, 15) is 8.42 Å². The zero-order valence-corrected chi connectivity index (χ0v) is 12.8. The molecular weight excluding hydrogens is 250 g/mol. The topological polar surface area (TPSA) is 52.7 Å². The molecule has 1 N–H and O–H groups in total. The van der Waals surface area contributed by atoms with Gasteiger partial charge in [-0.1, -0.05) is 6.92 Å². The fourth-order valence-corrected chi connectivity index (χ4v) is 3.19. The third-order valence-electron chi connectivity index (χ3n) is 3.63. The van der Waals surface area contributed by atoms with E-state index in [1.54, 1.807) is 0 Å². The summed E-state index contributed by atoms with van der Waals surface area (Å²) >= 11 is 0. The van der Waals surface area contributed by atoms with Crippen LogP contribution in [0.1, 0.15) is 13.3 Å². The van der Waals surface area contributed by atoms with Gasteiger partial charge in [-0.25, -0.2) is 8.42 Å². The first-order valence-corrected chi connectivity index (χ1v) is 8.69. The molecule has 6 heteroatoms. The van der Waals surface area contributed by atoms with Crippen molar-refractivity contribution < 1.29 is 8.42 Å². The van der Waals surface area contributed by atoms with Crippen LogP contribution in [0.15, 0.2) is 0 Å². The molecule has 18 heavy (non-hydrogen) atoms. The van der Waals surface area contributed by atoms with E-state index >= 15 is 0 Å². The van der Waals surface area contributed by atoms with Crippen molar-refractivity contribution in [2.24, 2.45) is 0 Å². The van der Waals surface area contributed by atoms with Crippen LogP contribution in [0, 0.1) is 0 Å². The number of nitrogens with one attached hydrogen (secondary N) is 1. The summed E-state index contributed by atoms with van der Waals surface area (Å²) in [5, 5.41) is 3.44. The van der Waals surface area contributed by atoms with E-state index in [-0.39, 0.29) is 11.8 Å². The van der Waals surface area contributed by atoms with E-state index < -0.39 is 9.84 Å². The summed E-state index contributed by atoms with van der Waals surface area (Å²) in [6, 6.07) is 0.642. The van der Waals surface area contributed by atoms with Crippen molar-refractivity contribution in [1.29, 1.82) is 0 Å². The van der Waals surface area contributed by atoms with Gasteiger partial charge >= 0.3 is 0 Å². The number of nitrogens with zero attached hydrogens (tertiary/aromatic N) is 2. The molecule has 0 radical (unpaired) electrons. The van der Waals surface area contributed by atoms with Crippen LogP contribution in [0.3, 0.4) is 0 Å². The molecule has 2 unspecified atom stereocenters. The molecule has 1 aliphatic heterocycles. The van der Waals surface area contributed by atoms with Crippen LogP contribution in [0.4, 0.5) is 0 Å². The van der Waals surface area contributed by atoms with E-state index in [4.69, 9.17) is 0 Å². The zero-order chi connectivity index (χ0) is 13.8. The van der Waals surface area contributed by atoms with E-state index in [1.807, 2.05) is 0 Å². The minimum absolute atomic E-state index is 0.248. The lowest BCUT2D eigenvalue weighted by atomic mass is 10.0. The van der Waals surface area contributed by atoms with Gasteiger partial charge in [0.15, 0.2) is 0 Å². The Bertz CT molecular complexity index is 345. The molecule has 0 aromatic heterocycles. The van der Waals surface area contributed by atoms with Gasteiger partial charge in [0.2, 0.25) is 0 Å². The van der Waals surface area contributed by atoms with Gasteiger partial charge in [0.05, 0.1) is 5.75 Å². The first kappa shape index (κ1) is 15.9. The van der Waals surface area contributed by atoms with Gasteiger partial charge in [0, 0.05) is 38.0 Å². The molecule has 0 spiro atoms. The number of piperazine rings is 1. The SMILES string of the molecule is CCNC(CCS(C)(=O)=O)C1CN(C)CCN1C. The minimum atomic E-state index is -2.88. The Morgan fingerprint density at radius 1 is 1.33 bits per heavy atom. The molecule has 0 aromatic rings. The van der Waals surface area contributed by atoms with Crippen LogP contribution < -0.4 is 5.32 Å². The monoisotopic (exact) mass is 277 g/mol. The lowest BCUT2D eigenvalue weighted by Gasteiger charge is -2.42. The minimum Gasteiger partial charge on any atom is -0.313 e. The molecule has 0 saturated carbocycles. The van der Waals surface area contributed by atoms with Crippen LogP contribution in [-0.2, 0) is 9.84 Å². The number of sulfone groups is 1. The fourth-order valence-electron chi connectivity index (χ4n) is 2.51. The third-order valence-corrected chi connectivity index (χ3v) is 4.61. The summed E-state index contributed by atoms with van der Waals surface area (Å²) in [5.41, 5.74) is 0. The normalized spacial score (nSPS) is 25.2. The summed E-state index contributed by atoms with van der Waals surface area (Å²) < 4.78 is 22.6. The average Bonchev–Trinajstić information content (AvgIpc) is 2.26. The van der Waals surface area contributed by atoms with Gasteiger partial charge in [-0.15, -0.1) is 0 Å². The Hall–Kier alpha value is -0.170. The highest BCUT2D eigenvalue weighted by molar-refractivity contribution is 7.90. The highest BCUT2D eigenvalue weighted by atomic mass is 32.2. The maximum absolute atomic E-state index is 11.3. The van der Waals surface area contributed by atoms with Crippen molar-refractivity contribution in [1.82, 2.24) is 15.1 Å². The van der Waals surface area contributed by atoms with E-state index in [1.165, 1.54) is 6.26 Å². The smallest absolute Gasteiger partial charge is 0.147 e. The fraction of sp³-hybridized carbons (Fsp3) is 1.00. The van der Waals surface area contributed by atoms with Gasteiger partial charge in [0.1, 0.15) is 9.84 Å². The zero-order valence-electron chi connectivity index (χ0n) is 12.0. The molecule has 0 amide bonds. The lowest BCUT2D eigenvalue weighted by molar-refractivity contribution is 0.0872. The average molecular weight is 277 g/mol. The molecule has 108 valence electrons. The van der Waals surface area contributed by atoms with Crippen LogP contribution in [0.5, 0.6) is 0 Å². The Morgan fingerprint density at radius 3 is 2.56 bits per heavy atom. The van der Waals surface area contributed by atoms with Crippen LogP contribution in [0.2, 0.25) is 0 Å². The molecule has 5 nitrogen and oxygen atoms in total.